The van der Waals surface area contributed by atoms with Gasteiger partial charge in [0, 0.05) is 36.4 Å². The van der Waals surface area contributed by atoms with Crippen molar-refractivity contribution in [3.05, 3.63) is 48.0 Å². The molecule has 1 aromatic carbocycles. The Labute approximate surface area is 144 Å². The van der Waals surface area contributed by atoms with Crippen LogP contribution in [0.1, 0.15) is 6.42 Å². The van der Waals surface area contributed by atoms with Gasteiger partial charge < -0.3 is 9.64 Å². The van der Waals surface area contributed by atoms with Crippen LogP contribution >= 0.6 is 11.6 Å². The first-order chi connectivity index (χ1) is 11.8. The minimum absolute atomic E-state index is 0.440. The number of fused-ring (bicyclic) bond motifs is 1. The SMILES string of the molecule is Clc1ccc2nc(N3CCC(COc4cnccn4)C3)cnc2c1. The standard InChI is InChI=1S/C17H16ClN5O/c18-13-1-2-14-15(7-13)21-8-16(22-14)23-6-3-12(10-23)11-24-17-9-19-4-5-20-17/h1-2,4-5,7-9,12H,3,6,10-11H2. The molecule has 0 amide bonds. The summed E-state index contributed by atoms with van der Waals surface area (Å²) in [5.41, 5.74) is 1.67. The lowest BCUT2D eigenvalue weighted by Gasteiger charge is -2.17. The first-order valence-corrected chi connectivity index (χ1v) is 8.22. The third kappa shape index (κ3) is 3.23. The second-order valence-corrected chi connectivity index (χ2v) is 6.25. The summed E-state index contributed by atoms with van der Waals surface area (Å²) in [7, 11) is 0. The topological polar surface area (TPSA) is 64.0 Å². The van der Waals surface area contributed by atoms with Gasteiger partial charge in [0.15, 0.2) is 0 Å². The fourth-order valence-electron chi connectivity index (χ4n) is 2.87. The van der Waals surface area contributed by atoms with Crippen LogP contribution < -0.4 is 9.64 Å². The molecule has 0 N–H and O–H groups in total. The van der Waals surface area contributed by atoms with Crippen molar-refractivity contribution in [2.24, 2.45) is 5.92 Å². The van der Waals surface area contributed by atoms with Crippen LogP contribution in [-0.2, 0) is 0 Å². The molecule has 2 aromatic heterocycles. The van der Waals surface area contributed by atoms with Gasteiger partial charge in [-0.3, -0.25) is 9.97 Å². The molecule has 1 unspecified atom stereocenters. The van der Waals surface area contributed by atoms with Gasteiger partial charge in [0.05, 0.1) is 30.0 Å². The van der Waals surface area contributed by atoms with Crippen molar-refractivity contribution in [3.63, 3.8) is 0 Å². The second-order valence-electron chi connectivity index (χ2n) is 5.82. The lowest BCUT2D eigenvalue weighted by atomic mass is 10.1. The molecule has 0 aliphatic carbocycles. The lowest BCUT2D eigenvalue weighted by Crippen LogP contribution is -2.23. The van der Waals surface area contributed by atoms with E-state index in [4.69, 9.17) is 21.3 Å². The Morgan fingerprint density at radius 3 is 3.00 bits per heavy atom. The predicted octanol–water partition coefficient (Wildman–Crippen LogP) is 2.98. The molecule has 0 saturated carbocycles. The summed E-state index contributed by atoms with van der Waals surface area (Å²) >= 11 is 5.99. The van der Waals surface area contributed by atoms with E-state index in [-0.39, 0.29) is 0 Å². The van der Waals surface area contributed by atoms with E-state index < -0.39 is 0 Å². The molecule has 3 aromatic rings. The van der Waals surface area contributed by atoms with Crippen molar-refractivity contribution in [2.45, 2.75) is 6.42 Å². The quantitative estimate of drug-likeness (QED) is 0.727. The largest absolute Gasteiger partial charge is 0.476 e. The zero-order valence-electron chi connectivity index (χ0n) is 13.0. The van der Waals surface area contributed by atoms with Crippen molar-refractivity contribution in [2.75, 3.05) is 24.6 Å². The number of aromatic nitrogens is 4. The first kappa shape index (κ1) is 15.1. The van der Waals surface area contributed by atoms with Gasteiger partial charge >= 0.3 is 0 Å². The maximum absolute atomic E-state index is 5.99. The summed E-state index contributed by atoms with van der Waals surface area (Å²) in [6, 6.07) is 5.57. The van der Waals surface area contributed by atoms with Crippen LogP contribution in [0.15, 0.2) is 43.0 Å². The minimum atomic E-state index is 0.440. The van der Waals surface area contributed by atoms with Crippen molar-refractivity contribution in [1.29, 1.82) is 0 Å². The molecular formula is C17H16ClN5O. The highest BCUT2D eigenvalue weighted by molar-refractivity contribution is 6.31. The van der Waals surface area contributed by atoms with Gasteiger partial charge in [0.2, 0.25) is 5.88 Å². The molecule has 1 saturated heterocycles. The van der Waals surface area contributed by atoms with Gasteiger partial charge in [-0.25, -0.2) is 9.97 Å². The average molecular weight is 342 g/mol. The van der Waals surface area contributed by atoms with Gasteiger partial charge in [0.1, 0.15) is 5.82 Å². The van der Waals surface area contributed by atoms with Crippen LogP contribution in [0.3, 0.4) is 0 Å². The van der Waals surface area contributed by atoms with Crippen molar-refractivity contribution in [3.8, 4) is 5.88 Å². The summed E-state index contributed by atoms with van der Waals surface area (Å²) in [5, 5.41) is 0.673. The first-order valence-electron chi connectivity index (χ1n) is 7.84. The monoisotopic (exact) mass is 341 g/mol. The summed E-state index contributed by atoms with van der Waals surface area (Å²) in [4.78, 5) is 19.5. The van der Waals surface area contributed by atoms with Crippen molar-refractivity contribution in [1.82, 2.24) is 19.9 Å². The van der Waals surface area contributed by atoms with Gasteiger partial charge in [0.25, 0.3) is 0 Å². The number of nitrogens with zero attached hydrogens (tertiary/aromatic N) is 5. The number of rotatable bonds is 4. The third-order valence-electron chi connectivity index (χ3n) is 4.11. The Balaban J connectivity index is 1.42. The molecule has 1 fully saturated rings. The molecule has 1 aliphatic heterocycles. The number of hydrogen-bond acceptors (Lipinski definition) is 6. The number of ether oxygens (including phenoxy) is 1. The summed E-state index contributed by atoms with van der Waals surface area (Å²) < 4.78 is 5.71. The van der Waals surface area contributed by atoms with Gasteiger partial charge in [-0.15, -0.1) is 0 Å². The Bertz CT molecular complexity index is 845. The molecule has 24 heavy (non-hydrogen) atoms. The summed E-state index contributed by atoms with van der Waals surface area (Å²) in [5.74, 6) is 1.90. The third-order valence-corrected chi connectivity index (χ3v) is 4.34. The van der Waals surface area contributed by atoms with Crippen molar-refractivity contribution < 1.29 is 4.74 Å². The van der Waals surface area contributed by atoms with Crippen LogP contribution in [0, 0.1) is 5.92 Å². The molecule has 0 bridgehead atoms. The van der Waals surface area contributed by atoms with E-state index in [1.165, 1.54) is 0 Å². The summed E-state index contributed by atoms with van der Waals surface area (Å²) in [6.45, 7) is 2.47. The number of benzene rings is 1. The molecular weight excluding hydrogens is 326 g/mol. The molecule has 7 heteroatoms. The smallest absolute Gasteiger partial charge is 0.232 e. The van der Waals surface area contributed by atoms with Crippen molar-refractivity contribution >= 4 is 28.5 Å². The average Bonchev–Trinajstić information content (AvgIpc) is 3.09. The maximum Gasteiger partial charge on any atom is 0.232 e. The molecule has 122 valence electrons. The number of hydrogen-bond donors (Lipinski definition) is 0. The van der Waals surface area contributed by atoms with Crippen LogP contribution in [0.2, 0.25) is 5.02 Å². The Hall–Kier alpha value is -2.47. The van der Waals surface area contributed by atoms with E-state index in [9.17, 15) is 0 Å². The zero-order chi connectivity index (χ0) is 16.4. The van der Waals surface area contributed by atoms with E-state index >= 15 is 0 Å². The van der Waals surface area contributed by atoms with Crippen LogP contribution in [0.5, 0.6) is 5.88 Å². The molecule has 0 spiro atoms. The normalized spacial score (nSPS) is 17.4. The highest BCUT2D eigenvalue weighted by atomic mass is 35.5. The maximum atomic E-state index is 5.99. The van der Waals surface area contributed by atoms with E-state index in [2.05, 4.69) is 19.9 Å². The Kier molecular flexibility index (Phi) is 4.13. The Morgan fingerprint density at radius 1 is 1.17 bits per heavy atom. The fourth-order valence-corrected chi connectivity index (χ4v) is 3.03. The molecule has 1 aliphatic rings. The van der Waals surface area contributed by atoms with E-state index in [0.717, 1.165) is 36.4 Å². The molecule has 3 heterocycles. The van der Waals surface area contributed by atoms with Gasteiger partial charge in [-0.1, -0.05) is 11.6 Å². The molecule has 4 rings (SSSR count). The van der Waals surface area contributed by atoms with Gasteiger partial charge in [-0.05, 0) is 24.6 Å². The lowest BCUT2D eigenvalue weighted by molar-refractivity contribution is 0.251. The van der Waals surface area contributed by atoms with Crippen LogP contribution in [0.4, 0.5) is 5.82 Å². The predicted molar refractivity (Wildman–Crippen MR) is 92.4 cm³/mol. The van der Waals surface area contributed by atoms with E-state index in [1.54, 1.807) is 18.6 Å². The molecule has 6 nitrogen and oxygen atoms in total. The van der Waals surface area contributed by atoms with Gasteiger partial charge in [-0.2, -0.15) is 0 Å². The van der Waals surface area contributed by atoms with Crippen LogP contribution in [0.25, 0.3) is 11.0 Å². The fraction of sp³-hybridized carbons (Fsp3) is 0.294. The van der Waals surface area contributed by atoms with E-state index in [0.29, 0.717) is 23.4 Å². The molecule has 0 radical (unpaired) electrons. The number of halogens is 1. The molecule has 1 atom stereocenters. The zero-order valence-corrected chi connectivity index (χ0v) is 13.7. The summed E-state index contributed by atoms with van der Waals surface area (Å²) in [6.07, 6.45) is 7.76. The van der Waals surface area contributed by atoms with E-state index in [1.807, 2.05) is 24.4 Å². The Morgan fingerprint density at radius 2 is 2.12 bits per heavy atom. The highest BCUT2D eigenvalue weighted by Crippen LogP contribution is 2.24. The number of anilines is 1. The van der Waals surface area contributed by atoms with Crippen LogP contribution in [-0.4, -0.2) is 39.6 Å². The highest BCUT2D eigenvalue weighted by Gasteiger charge is 2.24. The minimum Gasteiger partial charge on any atom is -0.476 e. The second kappa shape index (κ2) is 6.57.